The second-order valence-corrected chi connectivity index (χ2v) is 4.41. The lowest BCUT2D eigenvalue weighted by Gasteiger charge is -2.09. The molecule has 5 nitrogen and oxygen atoms in total. The molecule has 0 aliphatic rings. The maximum Gasteiger partial charge on any atom is 0.255 e. The summed E-state index contributed by atoms with van der Waals surface area (Å²) in [6, 6.07) is 15.2. The molecule has 0 aliphatic heterocycles. The van der Waals surface area contributed by atoms with Crippen LogP contribution in [-0.4, -0.2) is 14.7 Å². The molecule has 1 unspecified atom stereocenters. The number of benzene rings is 2. The van der Waals surface area contributed by atoms with E-state index in [9.17, 15) is 13.6 Å². The highest BCUT2D eigenvalue weighted by Crippen LogP contribution is 2.12. The summed E-state index contributed by atoms with van der Waals surface area (Å²) in [7, 11) is 0. The largest absolute Gasteiger partial charge is 0.755 e. The topological polar surface area (TPSA) is 81.3 Å². The zero-order valence-corrected chi connectivity index (χ0v) is 10.6. The van der Waals surface area contributed by atoms with Crippen LogP contribution in [-0.2, 0) is 11.3 Å². The monoisotopic (exact) mass is 275 g/mol. The van der Waals surface area contributed by atoms with Crippen LogP contribution in [0.15, 0.2) is 54.6 Å². The molecule has 2 aromatic rings. The van der Waals surface area contributed by atoms with Crippen molar-refractivity contribution < 1.29 is 13.6 Å². The highest BCUT2D eigenvalue weighted by molar-refractivity contribution is 7.80. The van der Waals surface area contributed by atoms with E-state index in [0.717, 1.165) is 0 Å². The highest BCUT2D eigenvalue weighted by Gasteiger charge is 2.05. The molecule has 2 N–H and O–H groups in total. The Hall–Kier alpha value is -2.18. The van der Waals surface area contributed by atoms with Crippen LogP contribution < -0.4 is 10.0 Å². The average molecular weight is 275 g/mol. The lowest BCUT2D eigenvalue weighted by atomic mass is 10.2. The third-order valence-electron chi connectivity index (χ3n) is 2.38. The van der Waals surface area contributed by atoms with Gasteiger partial charge >= 0.3 is 0 Å². The number of hydrogen-bond acceptors (Lipinski definition) is 3. The molecule has 0 aliphatic carbocycles. The van der Waals surface area contributed by atoms with Crippen LogP contribution in [0.25, 0.3) is 0 Å². The van der Waals surface area contributed by atoms with Gasteiger partial charge in [0.2, 0.25) is 0 Å². The van der Waals surface area contributed by atoms with E-state index in [1.807, 2.05) is 18.2 Å². The lowest BCUT2D eigenvalue weighted by molar-refractivity contribution is 0.102. The molecular weight excluding hydrogens is 264 g/mol. The Morgan fingerprint density at radius 3 is 2.16 bits per heavy atom. The van der Waals surface area contributed by atoms with Crippen LogP contribution in [0.2, 0.25) is 0 Å². The summed E-state index contributed by atoms with van der Waals surface area (Å²) in [6.07, 6.45) is 0. The fourth-order valence-corrected chi connectivity index (χ4v) is 1.84. The lowest BCUT2D eigenvalue weighted by Crippen LogP contribution is -2.11. The minimum Gasteiger partial charge on any atom is -0.755 e. The summed E-state index contributed by atoms with van der Waals surface area (Å²) in [4.78, 5) is 11.9. The van der Waals surface area contributed by atoms with Crippen LogP contribution >= 0.6 is 0 Å². The molecule has 0 aromatic heterocycles. The number of rotatable bonds is 4. The Balaban J connectivity index is 2.05. The SMILES string of the molecule is O=C(Nc1ccccc1)c1ccc(NS(=O)[O-])cc1. The van der Waals surface area contributed by atoms with Gasteiger partial charge in [-0.2, -0.15) is 0 Å². The minimum absolute atomic E-state index is 0.249. The molecule has 6 heteroatoms. The molecule has 0 spiro atoms. The average Bonchev–Trinajstić information content (AvgIpc) is 2.40. The van der Waals surface area contributed by atoms with Gasteiger partial charge in [-0.15, -0.1) is 0 Å². The van der Waals surface area contributed by atoms with Crippen molar-refractivity contribution in [3.8, 4) is 0 Å². The van der Waals surface area contributed by atoms with E-state index >= 15 is 0 Å². The molecule has 0 fully saturated rings. The fraction of sp³-hybridized carbons (Fsp3) is 0. The molecule has 0 bridgehead atoms. The van der Waals surface area contributed by atoms with E-state index in [1.165, 1.54) is 12.1 Å². The summed E-state index contributed by atoms with van der Waals surface area (Å²) < 4.78 is 23.1. The number of carbonyl (C=O) groups is 1. The summed E-state index contributed by atoms with van der Waals surface area (Å²) in [5.41, 5.74) is 1.56. The molecule has 1 amide bonds. The van der Waals surface area contributed by atoms with Gasteiger partial charge in [0.15, 0.2) is 0 Å². The standard InChI is InChI=1S/C13H12N2O3S/c16-13(14-11-4-2-1-3-5-11)10-6-8-12(9-7-10)15-19(17)18/h1-9,15H,(H,14,16)(H,17,18)/p-1. The van der Waals surface area contributed by atoms with Crippen molar-refractivity contribution in [1.82, 2.24) is 0 Å². The molecule has 1 atom stereocenters. The maximum absolute atomic E-state index is 11.9. The number of nitrogens with one attached hydrogen (secondary N) is 2. The van der Waals surface area contributed by atoms with Crippen molar-refractivity contribution in [3.05, 3.63) is 60.2 Å². The molecule has 2 rings (SSSR count). The number of amides is 1. The van der Waals surface area contributed by atoms with Gasteiger partial charge in [0.25, 0.3) is 5.91 Å². The van der Waals surface area contributed by atoms with Crippen molar-refractivity contribution >= 4 is 28.5 Å². The third kappa shape index (κ3) is 3.90. The first-order chi connectivity index (χ1) is 9.15. The highest BCUT2D eigenvalue weighted by atomic mass is 32.2. The Bertz CT molecular complexity index is 585. The van der Waals surface area contributed by atoms with Crippen molar-refractivity contribution in [2.45, 2.75) is 0 Å². The van der Waals surface area contributed by atoms with Crippen LogP contribution in [0, 0.1) is 0 Å². The van der Waals surface area contributed by atoms with Crippen LogP contribution in [0.1, 0.15) is 10.4 Å². The number of carbonyl (C=O) groups excluding carboxylic acids is 1. The quantitative estimate of drug-likeness (QED) is 0.839. The molecule has 0 saturated carbocycles. The number of para-hydroxylation sites is 1. The van der Waals surface area contributed by atoms with Gasteiger partial charge in [-0.25, -0.2) is 0 Å². The van der Waals surface area contributed by atoms with Gasteiger partial charge in [-0.05, 0) is 36.4 Å². The third-order valence-corrected chi connectivity index (χ3v) is 2.78. The van der Waals surface area contributed by atoms with E-state index in [0.29, 0.717) is 16.9 Å². The van der Waals surface area contributed by atoms with Gasteiger partial charge in [0.05, 0.1) is 0 Å². The summed E-state index contributed by atoms with van der Waals surface area (Å²) in [5, 5.41) is 2.74. The second kappa shape index (κ2) is 6.12. The molecule has 0 radical (unpaired) electrons. The summed E-state index contributed by atoms with van der Waals surface area (Å²) in [6.45, 7) is 0. The Morgan fingerprint density at radius 1 is 0.947 bits per heavy atom. The van der Waals surface area contributed by atoms with Gasteiger partial charge in [0, 0.05) is 28.2 Å². The predicted octanol–water partition coefficient (Wildman–Crippen LogP) is 2.14. The molecule has 2 aromatic carbocycles. The van der Waals surface area contributed by atoms with E-state index in [4.69, 9.17) is 0 Å². The van der Waals surface area contributed by atoms with Crippen LogP contribution in [0.3, 0.4) is 0 Å². The van der Waals surface area contributed by atoms with Gasteiger partial charge < -0.3 is 14.6 Å². The first kappa shape index (κ1) is 13.3. The Labute approximate surface area is 113 Å². The number of hydrogen-bond donors (Lipinski definition) is 2. The van der Waals surface area contributed by atoms with Gasteiger partial charge in [-0.3, -0.25) is 9.00 Å². The molecular formula is C13H11N2O3S-. The molecule has 0 heterocycles. The van der Waals surface area contributed by atoms with Crippen LogP contribution in [0.5, 0.6) is 0 Å². The molecule has 19 heavy (non-hydrogen) atoms. The van der Waals surface area contributed by atoms with E-state index in [2.05, 4.69) is 10.0 Å². The van der Waals surface area contributed by atoms with Gasteiger partial charge in [0.1, 0.15) is 0 Å². The fourth-order valence-electron chi connectivity index (χ4n) is 1.51. The van der Waals surface area contributed by atoms with E-state index < -0.39 is 11.3 Å². The minimum atomic E-state index is -2.37. The normalized spacial score (nSPS) is 11.6. The number of anilines is 2. The Kier molecular flexibility index (Phi) is 4.27. The summed E-state index contributed by atoms with van der Waals surface area (Å²) in [5.74, 6) is -0.249. The van der Waals surface area contributed by atoms with Crippen molar-refractivity contribution in [2.75, 3.05) is 10.0 Å². The maximum atomic E-state index is 11.9. The second-order valence-electron chi connectivity index (χ2n) is 3.73. The zero-order chi connectivity index (χ0) is 13.7. The smallest absolute Gasteiger partial charge is 0.255 e. The van der Waals surface area contributed by atoms with Crippen molar-refractivity contribution in [1.29, 1.82) is 0 Å². The van der Waals surface area contributed by atoms with E-state index in [-0.39, 0.29) is 5.91 Å². The first-order valence-corrected chi connectivity index (χ1v) is 6.55. The Morgan fingerprint density at radius 2 is 1.58 bits per heavy atom. The van der Waals surface area contributed by atoms with Crippen molar-refractivity contribution in [3.63, 3.8) is 0 Å². The van der Waals surface area contributed by atoms with Gasteiger partial charge in [-0.1, -0.05) is 18.2 Å². The zero-order valence-electron chi connectivity index (χ0n) is 9.83. The van der Waals surface area contributed by atoms with Crippen LogP contribution in [0.4, 0.5) is 11.4 Å². The van der Waals surface area contributed by atoms with E-state index in [1.54, 1.807) is 24.3 Å². The predicted molar refractivity (Wildman–Crippen MR) is 73.4 cm³/mol. The summed E-state index contributed by atoms with van der Waals surface area (Å²) >= 11 is -2.37. The van der Waals surface area contributed by atoms with Crippen molar-refractivity contribution in [2.24, 2.45) is 0 Å². The first-order valence-electron chi connectivity index (χ1n) is 5.47. The molecule has 98 valence electrons. The molecule has 0 saturated heterocycles.